The minimum atomic E-state index is -4.74. The molecule has 1 rings (SSSR count). The predicted molar refractivity (Wildman–Crippen MR) is 33.1 cm³/mol. The van der Waals surface area contributed by atoms with Crippen molar-refractivity contribution >= 4 is 0 Å². The van der Waals surface area contributed by atoms with Gasteiger partial charge in [-0.2, -0.15) is 23.7 Å². The summed E-state index contributed by atoms with van der Waals surface area (Å²) >= 11 is 0. The second-order valence-electron chi connectivity index (χ2n) is 2.07. The van der Waals surface area contributed by atoms with Crippen molar-refractivity contribution in [1.82, 2.24) is 0 Å². The molecule has 0 aliphatic carbocycles. The first-order chi connectivity index (χ1) is 5.99. The first-order valence-corrected chi connectivity index (χ1v) is 3.00. The van der Waals surface area contributed by atoms with Crippen molar-refractivity contribution in [2.75, 3.05) is 0 Å². The molecule has 0 radical (unpaired) electrons. The molecule has 0 amide bonds. The van der Waals surface area contributed by atoms with Gasteiger partial charge in [0.1, 0.15) is 17.7 Å². The van der Waals surface area contributed by atoms with Crippen molar-refractivity contribution in [3.05, 3.63) is 23.2 Å². The van der Waals surface area contributed by atoms with Crippen LogP contribution in [0.1, 0.15) is 17.1 Å². The molecule has 0 fully saturated rings. The van der Waals surface area contributed by atoms with E-state index in [1.54, 1.807) is 0 Å². The van der Waals surface area contributed by atoms with E-state index in [0.717, 1.165) is 6.07 Å². The summed E-state index contributed by atoms with van der Waals surface area (Å²) in [5.74, 6) is -1.95. The second-order valence-corrected chi connectivity index (χ2v) is 2.07. The molecule has 0 aliphatic rings. The highest BCUT2D eigenvalue weighted by Gasteiger charge is 2.38. The van der Waals surface area contributed by atoms with E-state index in [4.69, 9.17) is 10.5 Å². The smallest absolute Gasteiger partial charge is 0.440 e. The number of nitrogens with zero attached hydrogens (tertiary/aromatic N) is 2. The van der Waals surface area contributed by atoms with Crippen LogP contribution in [-0.4, -0.2) is 0 Å². The quantitative estimate of drug-likeness (QED) is 0.622. The first-order valence-electron chi connectivity index (χ1n) is 3.00. The standard InChI is InChI=1S/C7HF3N2O/c8-7(9,10)6-4(2-11)1-5(3-12)13-6/h1H. The Balaban J connectivity index is 3.32. The van der Waals surface area contributed by atoms with Crippen LogP contribution in [0, 0.1) is 22.7 Å². The lowest BCUT2D eigenvalue weighted by molar-refractivity contribution is -0.153. The van der Waals surface area contributed by atoms with Gasteiger partial charge in [-0.25, -0.2) is 0 Å². The van der Waals surface area contributed by atoms with E-state index in [1.165, 1.54) is 12.1 Å². The molecule has 66 valence electrons. The fourth-order valence-electron chi connectivity index (χ4n) is 0.740. The molecule has 0 aliphatic heterocycles. The number of hydrogen-bond acceptors (Lipinski definition) is 3. The molecule has 1 aromatic heterocycles. The lowest BCUT2D eigenvalue weighted by Gasteiger charge is -2.00. The van der Waals surface area contributed by atoms with E-state index in [2.05, 4.69) is 4.42 Å². The van der Waals surface area contributed by atoms with Crippen LogP contribution in [0.4, 0.5) is 13.2 Å². The second kappa shape index (κ2) is 2.83. The summed E-state index contributed by atoms with van der Waals surface area (Å²) in [4.78, 5) is 0. The zero-order valence-electron chi connectivity index (χ0n) is 6.01. The van der Waals surface area contributed by atoms with Gasteiger partial charge in [-0.1, -0.05) is 0 Å². The molecule has 0 saturated heterocycles. The van der Waals surface area contributed by atoms with Crippen LogP contribution in [0.25, 0.3) is 0 Å². The van der Waals surface area contributed by atoms with E-state index in [0.29, 0.717) is 0 Å². The fourth-order valence-corrected chi connectivity index (χ4v) is 0.740. The Kier molecular flexibility index (Phi) is 1.99. The van der Waals surface area contributed by atoms with Crippen molar-refractivity contribution in [3.8, 4) is 12.1 Å². The summed E-state index contributed by atoms with van der Waals surface area (Å²) in [6, 6.07) is 3.42. The lowest BCUT2D eigenvalue weighted by Crippen LogP contribution is -2.04. The third-order valence-electron chi connectivity index (χ3n) is 1.22. The van der Waals surface area contributed by atoms with E-state index in [-0.39, 0.29) is 0 Å². The van der Waals surface area contributed by atoms with Gasteiger partial charge in [0.15, 0.2) is 0 Å². The Bertz CT molecular complexity index is 405. The third kappa shape index (κ3) is 1.62. The average molecular weight is 186 g/mol. The molecule has 1 heterocycles. The average Bonchev–Trinajstić information content (AvgIpc) is 2.46. The summed E-state index contributed by atoms with van der Waals surface area (Å²) < 4.78 is 40.2. The van der Waals surface area contributed by atoms with Crippen molar-refractivity contribution in [1.29, 1.82) is 10.5 Å². The highest BCUT2D eigenvalue weighted by Crippen LogP contribution is 2.33. The van der Waals surface area contributed by atoms with Gasteiger partial charge < -0.3 is 4.42 Å². The van der Waals surface area contributed by atoms with Crippen LogP contribution in [0.15, 0.2) is 10.5 Å². The Morgan fingerprint density at radius 3 is 2.15 bits per heavy atom. The highest BCUT2D eigenvalue weighted by molar-refractivity contribution is 5.38. The summed E-state index contributed by atoms with van der Waals surface area (Å²) in [6.07, 6.45) is -4.74. The van der Waals surface area contributed by atoms with Gasteiger partial charge in [0.25, 0.3) is 0 Å². The summed E-state index contributed by atoms with van der Waals surface area (Å²) in [7, 11) is 0. The SMILES string of the molecule is N#Cc1cc(C#N)c(C(F)(F)F)o1. The summed E-state index contributed by atoms with van der Waals surface area (Å²) in [5.41, 5.74) is -0.677. The molecule has 3 nitrogen and oxygen atoms in total. The zero-order valence-corrected chi connectivity index (χ0v) is 6.01. The van der Waals surface area contributed by atoms with Gasteiger partial charge in [0, 0.05) is 6.07 Å². The molecular weight excluding hydrogens is 185 g/mol. The van der Waals surface area contributed by atoms with E-state index < -0.39 is 23.3 Å². The molecule has 0 unspecified atom stereocenters. The number of halogens is 3. The van der Waals surface area contributed by atoms with E-state index >= 15 is 0 Å². The van der Waals surface area contributed by atoms with E-state index in [1.807, 2.05) is 0 Å². The largest absolute Gasteiger partial charge is 0.450 e. The molecule has 13 heavy (non-hydrogen) atoms. The van der Waals surface area contributed by atoms with Gasteiger partial charge >= 0.3 is 6.18 Å². The van der Waals surface area contributed by atoms with Crippen LogP contribution in [0.5, 0.6) is 0 Å². The molecule has 0 aromatic carbocycles. The van der Waals surface area contributed by atoms with E-state index in [9.17, 15) is 13.2 Å². The van der Waals surface area contributed by atoms with Crippen molar-refractivity contribution in [2.45, 2.75) is 6.18 Å². The maximum atomic E-state index is 12.0. The van der Waals surface area contributed by atoms with Crippen LogP contribution in [-0.2, 0) is 6.18 Å². The monoisotopic (exact) mass is 186 g/mol. The molecule has 0 saturated carbocycles. The number of hydrogen-bond donors (Lipinski definition) is 0. The van der Waals surface area contributed by atoms with Gasteiger partial charge in [0.05, 0.1) is 0 Å². The number of furan rings is 1. The maximum absolute atomic E-state index is 12.0. The molecule has 6 heteroatoms. The van der Waals surface area contributed by atoms with Crippen LogP contribution in [0.3, 0.4) is 0 Å². The third-order valence-corrected chi connectivity index (χ3v) is 1.22. The Morgan fingerprint density at radius 1 is 1.23 bits per heavy atom. The minimum absolute atomic E-state index is 0.524. The molecule has 1 aromatic rings. The van der Waals surface area contributed by atoms with Crippen molar-refractivity contribution in [3.63, 3.8) is 0 Å². The fraction of sp³-hybridized carbons (Fsp3) is 0.143. The van der Waals surface area contributed by atoms with Gasteiger partial charge in [-0.15, -0.1) is 0 Å². The van der Waals surface area contributed by atoms with Gasteiger partial charge in [-0.3, -0.25) is 0 Å². The molecule has 0 spiro atoms. The van der Waals surface area contributed by atoms with Crippen LogP contribution < -0.4 is 0 Å². The minimum Gasteiger partial charge on any atom is -0.440 e. The molecule has 0 bridgehead atoms. The highest BCUT2D eigenvalue weighted by atomic mass is 19.4. The molecule has 0 N–H and O–H groups in total. The number of nitriles is 2. The van der Waals surface area contributed by atoms with Crippen molar-refractivity contribution in [2.24, 2.45) is 0 Å². The summed E-state index contributed by atoms with van der Waals surface area (Å²) in [5, 5.41) is 16.5. The first kappa shape index (κ1) is 9.14. The Hall–Kier alpha value is -1.95. The zero-order chi connectivity index (χ0) is 10.1. The normalized spacial score (nSPS) is 10.5. The molecular formula is C7HF3N2O. The van der Waals surface area contributed by atoms with Crippen molar-refractivity contribution < 1.29 is 17.6 Å². The Morgan fingerprint density at radius 2 is 1.85 bits per heavy atom. The van der Waals surface area contributed by atoms with Gasteiger partial charge in [0.2, 0.25) is 11.5 Å². The maximum Gasteiger partial charge on any atom is 0.450 e. The number of rotatable bonds is 0. The lowest BCUT2D eigenvalue weighted by atomic mass is 10.2. The molecule has 0 atom stereocenters. The van der Waals surface area contributed by atoms with Gasteiger partial charge in [-0.05, 0) is 0 Å². The van der Waals surface area contributed by atoms with Crippen LogP contribution in [0.2, 0.25) is 0 Å². The predicted octanol–water partition coefficient (Wildman–Crippen LogP) is 2.04. The topological polar surface area (TPSA) is 60.7 Å². The summed E-state index contributed by atoms with van der Waals surface area (Å²) in [6.45, 7) is 0. The van der Waals surface area contributed by atoms with Crippen LogP contribution >= 0.6 is 0 Å². The Labute approximate surface area is 70.6 Å². The number of alkyl halides is 3.